The summed E-state index contributed by atoms with van der Waals surface area (Å²) in [6, 6.07) is 0. The first-order chi connectivity index (χ1) is 8.21. The summed E-state index contributed by atoms with van der Waals surface area (Å²) in [5.74, 6) is -0.190. The van der Waals surface area contributed by atoms with Crippen molar-refractivity contribution in [2.75, 3.05) is 0 Å². The Morgan fingerprint density at radius 1 is 1.39 bits per heavy atom. The molecule has 0 spiro atoms. The van der Waals surface area contributed by atoms with Crippen molar-refractivity contribution in [2.24, 2.45) is 5.92 Å². The zero-order valence-corrected chi connectivity index (χ0v) is 12.4. The predicted octanol–water partition coefficient (Wildman–Crippen LogP) is 2.71. The maximum absolute atomic E-state index is 12.2. The number of hydrogen-bond donors (Lipinski definition) is 0. The van der Waals surface area contributed by atoms with Gasteiger partial charge in [0, 0.05) is 19.3 Å². The summed E-state index contributed by atoms with van der Waals surface area (Å²) in [6.45, 7) is 11.4. The van der Waals surface area contributed by atoms with Gasteiger partial charge in [0.15, 0.2) is 0 Å². The van der Waals surface area contributed by atoms with E-state index in [0.717, 1.165) is 12.8 Å². The number of hydrogen-bond acceptors (Lipinski definition) is 4. The molecule has 0 bridgehead atoms. The van der Waals surface area contributed by atoms with Crippen LogP contribution in [0.3, 0.4) is 0 Å². The van der Waals surface area contributed by atoms with Crippen molar-refractivity contribution in [2.45, 2.75) is 71.9 Å². The maximum atomic E-state index is 12.2. The quantitative estimate of drug-likeness (QED) is 0.778. The number of rotatable bonds is 3. The monoisotopic (exact) mass is 255 g/mol. The van der Waals surface area contributed by atoms with Gasteiger partial charge in [0.2, 0.25) is 0 Å². The van der Waals surface area contributed by atoms with Crippen LogP contribution in [-0.2, 0) is 14.4 Å². The van der Waals surface area contributed by atoms with Gasteiger partial charge in [-0.05, 0) is 26.7 Å². The van der Waals surface area contributed by atoms with Gasteiger partial charge in [-0.15, -0.1) is 5.06 Å². The molecule has 1 saturated heterocycles. The number of hydroxylamine groups is 2. The highest BCUT2D eigenvalue weighted by Crippen LogP contribution is 2.43. The van der Waals surface area contributed by atoms with Gasteiger partial charge < -0.3 is 4.84 Å². The molecule has 1 heterocycles. The molecule has 104 valence electrons. The van der Waals surface area contributed by atoms with Gasteiger partial charge in [-0.2, -0.15) is 0 Å². The molecule has 18 heavy (non-hydrogen) atoms. The SMILES string of the molecule is CCC1(C)CC(=O)C(C)C(C)(CC)N1OC(C)=O. The number of nitrogens with zero attached hydrogens (tertiary/aromatic N) is 1. The lowest BCUT2D eigenvalue weighted by Gasteiger charge is -2.54. The number of carbonyl (C=O) groups is 2. The fraction of sp³-hybridized carbons (Fsp3) is 0.857. The summed E-state index contributed by atoms with van der Waals surface area (Å²) in [7, 11) is 0. The van der Waals surface area contributed by atoms with E-state index in [0.29, 0.717) is 6.42 Å². The van der Waals surface area contributed by atoms with Crippen LogP contribution in [0.4, 0.5) is 0 Å². The second-order valence-electron chi connectivity index (χ2n) is 5.80. The Bertz CT molecular complexity index is 355. The highest BCUT2D eigenvalue weighted by Gasteiger charge is 2.54. The molecule has 1 aliphatic heterocycles. The molecule has 4 nitrogen and oxygen atoms in total. The predicted molar refractivity (Wildman–Crippen MR) is 69.8 cm³/mol. The lowest BCUT2D eigenvalue weighted by Crippen LogP contribution is -2.66. The number of carbonyl (C=O) groups excluding carboxylic acids is 2. The van der Waals surface area contributed by atoms with Crippen LogP contribution in [0.5, 0.6) is 0 Å². The van der Waals surface area contributed by atoms with Crippen molar-refractivity contribution in [1.82, 2.24) is 5.06 Å². The van der Waals surface area contributed by atoms with Gasteiger partial charge in [-0.3, -0.25) is 9.59 Å². The van der Waals surface area contributed by atoms with Gasteiger partial charge in [0.1, 0.15) is 5.78 Å². The Morgan fingerprint density at radius 3 is 2.33 bits per heavy atom. The van der Waals surface area contributed by atoms with E-state index in [2.05, 4.69) is 0 Å². The second-order valence-corrected chi connectivity index (χ2v) is 5.80. The van der Waals surface area contributed by atoms with E-state index in [1.807, 2.05) is 34.6 Å². The molecule has 0 N–H and O–H groups in total. The van der Waals surface area contributed by atoms with Gasteiger partial charge >= 0.3 is 5.97 Å². The van der Waals surface area contributed by atoms with Crippen LogP contribution in [0.25, 0.3) is 0 Å². The normalized spacial score (nSPS) is 37.7. The van der Waals surface area contributed by atoms with Gasteiger partial charge in [-0.25, -0.2) is 0 Å². The zero-order valence-electron chi connectivity index (χ0n) is 12.4. The van der Waals surface area contributed by atoms with Crippen LogP contribution >= 0.6 is 0 Å². The summed E-state index contributed by atoms with van der Waals surface area (Å²) in [6.07, 6.45) is 1.98. The van der Waals surface area contributed by atoms with Crippen molar-refractivity contribution in [3.8, 4) is 0 Å². The molecule has 1 aliphatic rings. The highest BCUT2D eigenvalue weighted by atomic mass is 16.7. The van der Waals surface area contributed by atoms with Crippen molar-refractivity contribution in [3.05, 3.63) is 0 Å². The molecule has 0 amide bonds. The summed E-state index contributed by atoms with van der Waals surface area (Å²) in [5.41, 5.74) is -0.828. The van der Waals surface area contributed by atoms with E-state index in [1.54, 1.807) is 5.06 Å². The third-order valence-electron chi connectivity index (χ3n) is 4.62. The Kier molecular flexibility index (Phi) is 4.21. The minimum Gasteiger partial charge on any atom is -0.367 e. The number of ketones is 1. The zero-order chi connectivity index (χ0) is 14.1. The van der Waals surface area contributed by atoms with Crippen LogP contribution in [0.1, 0.15) is 60.8 Å². The third-order valence-corrected chi connectivity index (χ3v) is 4.62. The number of piperidine rings is 1. The molecular formula is C14H25NO3. The summed E-state index contributed by atoms with van der Waals surface area (Å²) >= 11 is 0. The van der Waals surface area contributed by atoms with Gasteiger partial charge in [-0.1, -0.05) is 20.8 Å². The van der Waals surface area contributed by atoms with Crippen LogP contribution in [0.2, 0.25) is 0 Å². The highest BCUT2D eigenvalue weighted by molar-refractivity contribution is 5.84. The molecule has 0 aromatic rings. The van der Waals surface area contributed by atoms with Crippen LogP contribution in [0, 0.1) is 5.92 Å². The van der Waals surface area contributed by atoms with E-state index < -0.39 is 11.1 Å². The summed E-state index contributed by atoms with van der Waals surface area (Å²) in [5, 5.41) is 1.79. The summed E-state index contributed by atoms with van der Waals surface area (Å²) < 4.78 is 0. The average molecular weight is 255 g/mol. The molecule has 3 atom stereocenters. The first-order valence-corrected chi connectivity index (χ1v) is 6.73. The standard InChI is InChI=1S/C14H25NO3/c1-7-13(5)9-12(17)10(3)14(6,8-2)15(13)18-11(4)16/h10H,7-9H2,1-6H3. The van der Waals surface area contributed by atoms with Crippen LogP contribution in [-0.4, -0.2) is 27.9 Å². The van der Waals surface area contributed by atoms with Crippen LogP contribution < -0.4 is 0 Å². The lowest BCUT2D eigenvalue weighted by molar-refractivity contribution is -0.277. The van der Waals surface area contributed by atoms with E-state index in [4.69, 9.17) is 4.84 Å². The van der Waals surface area contributed by atoms with Gasteiger partial charge in [0.25, 0.3) is 0 Å². The minimum absolute atomic E-state index is 0.124. The average Bonchev–Trinajstić information content (AvgIpc) is 2.32. The Morgan fingerprint density at radius 2 is 1.94 bits per heavy atom. The summed E-state index contributed by atoms with van der Waals surface area (Å²) in [4.78, 5) is 29.0. The Hall–Kier alpha value is -0.900. The van der Waals surface area contributed by atoms with Crippen molar-refractivity contribution in [1.29, 1.82) is 0 Å². The molecule has 3 unspecified atom stereocenters. The van der Waals surface area contributed by atoms with Crippen molar-refractivity contribution < 1.29 is 14.4 Å². The molecule has 1 fully saturated rings. The molecule has 0 aromatic heterocycles. The van der Waals surface area contributed by atoms with E-state index >= 15 is 0 Å². The fourth-order valence-electron chi connectivity index (χ4n) is 2.80. The van der Waals surface area contributed by atoms with Crippen LogP contribution in [0.15, 0.2) is 0 Å². The molecule has 0 saturated carbocycles. The lowest BCUT2D eigenvalue weighted by atomic mass is 9.70. The first-order valence-electron chi connectivity index (χ1n) is 6.73. The first kappa shape index (κ1) is 15.2. The second kappa shape index (κ2) is 5.00. The number of Topliss-reactive ketones (excluding diaryl/α,β-unsaturated/α-hetero) is 1. The fourth-order valence-corrected chi connectivity index (χ4v) is 2.80. The van der Waals surface area contributed by atoms with Gasteiger partial charge in [0.05, 0.1) is 11.1 Å². The Balaban J connectivity index is 3.23. The molecule has 1 rings (SSSR count). The molecule has 0 aliphatic carbocycles. The minimum atomic E-state index is -0.425. The maximum Gasteiger partial charge on any atom is 0.322 e. The third kappa shape index (κ3) is 2.30. The molecule has 0 aromatic carbocycles. The van der Waals surface area contributed by atoms with Crippen molar-refractivity contribution >= 4 is 11.8 Å². The topological polar surface area (TPSA) is 46.6 Å². The molecule has 0 radical (unpaired) electrons. The van der Waals surface area contributed by atoms with E-state index in [9.17, 15) is 9.59 Å². The van der Waals surface area contributed by atoms with Crippen molar-refractivity contribution in [3.63, 3.8) is 0 Å². The largest absolute Gasteiger partial charge is 0.367 e. The Labute approximate surface area is 110 Å². The molecular weight excluding hydrogens is 230 g/mol. The molecule has 4 heteroatoms. The van der Waals surface area contributed by atoms with E-state index in [1.165, 1.54) is 6.92 Å². The smallest absolute Gasteiger partial charge is 0.322 e. The van der Waals surface area contributed by atoms with E-state index in [-0.39, 0.29) is 17.7 Å².